The molecule has 0 saturated carbocycles. The molecule has 0 unspecified atom stereocenters. The van der Waals surface area contributed by atoms with E-state index in [9.17, 15) is 4.79 Å². The average Bonchev–Trinajstić information content (AvgIpc) is 3.41. The Morgan fingerprint density at radius 2 is 1.16 bits per heavy atom. The van der Waals surface area contributed by atoms with Crippen molar-refractivity contribution in [2.45, 2.75) is 6.92 Å². The summed E-state index contributed by atoms with van der Waals surface area (Å²) in [6.45, 7) is 1.44. The zero-order valence-corrected chi connectivity index (χ0v) is 24.8. The summed E-state index contributed by atoms with van der Waals surface area (Å²) in [5, 5.41) is 0.968. The minimum atomic E-state index is -0.366. The predicted molar refractivity (Wildman–Crippen MR) is 178 cm³/mol. The molecule has 45 heavy (non-hydrogen) atoms. The molecular formula is C41H30NO3+. The van der Waals surface area contributed by atoms with Crippen LogP contribution in [0.1, 0.15) is 34.9 Å². The number of rotatable bonds is 6. The molecule has 4 nitrogen and oxygen atoms in total. The van der Waals surface area contributed by atoms with Crippen molar-refractivity contribution < 1.29 is 18.5 Å². The highest BCUT2D eigenvalue weighted by Crippen LogP contribution is 2.36. The molecule has 4 heteroatoms. The largest absolute Gasteiger partial charge is 0.456 e. The van der Waals surface area contributed by atoms with Gasteiger partial charge in [0.25, 0.3) is 5.69 Å². The first-order chi connectivity index (χ1) is 22.1. The molecule has 0 amide bonds. The van der Waals surface area contributed by atoms with Crippen molar-refractivity contribution in [3.63, 3.8) is 0 Å². The van der Waals surface area contributed by atoms with E-state index in [0.29, 0.717) is 5.76 Å². The second-order valence-corrected chi connectivity index (χ2v) is 10.8. The third kappa shape index (κ3) is 5.82. The number of fused-ring (bicyclic) bond motifs is 1. The third-order valence-electron chi connectivity index (χ3n) is 7.67. The summed E-state index contributed by atoms with van der Waals surface area (Å²) in [7, 11) is 0. The molecule has 0 spiro atoms. The topological polar surface area (TPSA) is 41.4 Å². The van der Waals surface area contributed by atoms with E-state index >= 15 is 0 Å². The molecule has 3 heterocycles. The van der Waals surface area contributed by atoms with Gasteiger partial charge < -0.3 is 9.47 Å². The lowest BCUT2D eigenvalue weighted by Crippen LogP contribution is -2.26. The maximum absolute atomic E-state index is 12.4. The molecule has 2 aliphatic rings. The SMILES string of the molecule is CC(=O)OC1=C(c2ccccc2)C(c2ccccc2)=[n+]2ccc(=CC=C3C=C(c4ccccc4)OC(c4ccccc4)=C3)cc21. The summed E-state index contributed by atoms with van der Waals surface area (Å²) in [5.74, 6) is 1.75. The molecule has 0 aliphatic carbocycles. The zero-order valence-electron chi connectivity index (χ0n) is 24.8. The van der Waals surface area contributed by atoms with Crippen molar-refractivity contribution >= 4 is 34.9 Å². The van der Waals surface area contributed by atoms with Crippen LogP contribution in [0.25, 0.3) is 28.9 Å². The number of hydrogen-bond donors (Lipinski definition) is 0. The lowest BCUT2D eigenvalue weighted by Gasteiger charge is -2.18. The monoisotopic (exact) mass is 584 g/mol. The molecule has 7 rings (SSSR count). The van der Waals surface area contributed by atoms with E-state index in [4.69, 9.17) is 9.47 Å². The van der Waals surface area contributed by atoms with E-state index in [2.05, 4.69) is 52.8 Å². The number of carbonyl (C=O) groups is 1. The number of pyridine rings is 1. The van der Waals surface area contributed by atoms with Crippen molar-refractivity contribution in [1.29, 1.82) is 0 Å². The molecule has 0 fully saturated rings. The van der Waals surface area contributed by atoms with Crippen LogP contribution in [0.4, 0.5) is 0 Å². The molecule has 0 bridgehead atoms. The van der Waals surface area contributed by atoms with Gasteiger partial charge in [-0.2, -0.15) is 4.24 Å². The van der Waals surface area contributed by atoms with Gasteiger partial charge in [0.2, 0.25) is 11.5 Å². The molecule has 0 radical (unpaired) electrons. The number of esters is 1. The summed E-state index contributed by atoms with van der Waals surface area (Å²) in [5.41, 5.74) is 7.68. The van der Waals surface area contributed by atoms with E-state index in [1.165, 1.54) is 6.92 Å². The van der Waals surface area contributed by atoms with Gasteiger partial charge in [-0.25, -0.2) is 0 Å². The molecule has 0 N–H and O–H groups in total. The molecule has 216 valence electrons. The smallest absolute Gasteiger partial charge is 0.308 e. The van der Waals surface area contributed by atoms with Gasteiger partial charge >= 0.3 is 5.97 Å². The fourth-order valence-electron chi connectivity index (χ4n) is 5.65. The number of aromatic nitrogens is 1. The van der Waals surface area contributed by atoms with Crippen molar-refractivity contribution in [2.24, 2.45) is 0 Å². The Labute approximate surface area is 262 Å². The minimum absolute atomic E-state index is 0.366. The van der Waals surface area contributed by atoms with E-state index in [1.807, 2.05) is 115 Å². The normalized spacial score (nSPS) is 14.4. The van der Waals surface area contributed by atoms with Crippen LogP contribution in [0.15, 0.2) is 163 Å². The van der Waals surface area contributed by atoms with E-state index < -0.39 is 0 Å². The van der Waals surface area contributed by atoms with Gasteiger partial charge in [-0.1, -0.05) is 121 Å². The fourth-order valence-corrected chi connectivity index (χ4v) is 5.65. The Morgan fingerprint density at radius 1 is 0.644 bits per heavy atom. The molecule has 4 aromatic carbocycles. The van der Waals surface area contributed by atoms with Crippen LogP contribution < -0.4 is 9.46 Å². The summed E-state index contributed by atoms with van der Waals surface area (Å²) >= 11 is 0. The summed E-state index contributed by atoms with van der Waals surface area (Å²) in [4.78, 5) is 12.4. The van der Waals surface area contributed by atoms with Crippen molar-refractivity contribution in [3.05, 3.63) is 202 Å². The fraction of sp³-hybridized carbons (Fsp3) is 0.0244. The molecule has 0 atom stereocenters. The predicted octanol–water partition coefficient (Wildman–Crippen LogP) is 7.67. The Balaban J connectivity index is 1.39. The molecular weight excluding hydrogens is 554 g/mol. The summed E-state index contributed by atoms with van der Waals surface area (Å²) < 4.78 is 14.4. The van der Waals surface area contributed by atoms with Crippen LogP contribution in [0, 0.1) is 5.71 Å². The highest BCUT2D eigenvalue weighted by atomic mass is 16.5. The second-order valence-electron chi connectivity index (χ2n) is 10.8. The Hall–Kier alpha value is -6.00. The van der Waals surface area contributed by atoms with E-state index in [-0.39, 0.29) is 5.97 Å². The first-order valence-corrected chi connectivity index (χ1v) is 14.9. The number of nitrogens with zero attached hydrogens (tertiary/aromatic N) is 1. The molecule has 0 saturated heterocycles. The number of carbonyl (C=O) groups excluding carboxylic acids is 1. The lowest BCUT2D eigenvalue weighted by atomic mass is 9.95. The lowest BCUT2D eigenvalue weighted by molar-refractivity contribution is -0.516. The maximum Gasteiger partial charge on any atom is 0.308 e. The number of hydrogen-bond acceptors (Lipinski definition) is 3. The van der Waals surface area contributed by atoms with Crippen molar-refractivity contribution in [3.8, 4) is 0 Å². The molecule has 1 aromatic heterocycles. The summed E-state index contributed by atoms with van der Waals surface area (Å²) in [6, 6.07) is 44.6. The van der Waals surface area contributed by atoms with E-state index in [0.717, 1.165) is 61.5 Å². The van der Waals surface area contributed by atoms with Gasteiger partial charge in [-0.05, 0) is 40.6 Å². The van der Waals surface area contributed by atoms with Gasteiger partial charge in [0.05, 0.1) is 0 Å². The van der Waals surface area contributed by atoms with Crippen LogP contribution in [-0.4, -0.2) is 5.97 Å². The average molecular weight is 585 g/mol. The first-order valence-electron chi connectivity index (χ1n) is 14.9. The Kier molecular flexibility index (Phi) is 7.61. The van der Waals surface area contributed by atoms with Gasteiger partial charge in [-0.3, -0.25) is 4.79 Å². The minimum Gasteiger partial charge on any atom is -0.456 e. The van der Waals surface area contributed by atoms with Gasteiger partial charge in [-0.15, -0.1) is 0 Å². The van der Waals surface area contributed by atoms with Crippen LogP contribution in [-0.2, 0) is 14.3 Å². The molecule has 5 aromatic rings. The Morgan fingerprint density at radius 3 is 1.69 bits per heavy atom. The molecule has 2 aliphatic heterocycles. The van der Waals surface area contributed by atoms with Crippen LogP contribution in [0.2, 0.25) is 0 Å². The number of ether oxygens (including phenoxy) is 2. The van der Waals surface area contributed by atoms with Crippen LogP contribution >= 0.6 is 0 Å². The quantitative estimate of drug-likeness (QED) is 0.152. The standard InChI is InChI=1S/C41H30NO3/c1-29(43)44-41-36-26-30(24-25-42(36)40(35-20-12-5-13-21-35)39(41)34-18-10-4-11-19-34)22-23-31-27-37(32-14-6-2-7-15-32)45-38(28-31)33-16-8-3-9-17-33/h2-28H,1H3/q+1. The first kappa shape index (κ1) is 27.8. The number of allylic oxidation sites excluding steroid dienone is 5. The number of benzene rings is 4. The van der Waals surface area contributed by atoms with Gasteiger partial charge in [0.15, 0.2) is 6.20 Å². The Bertz CT molecular complexity index is 2080. The van der Waals surface area contributed by atoms with Gasteiger partial charge in [0.1, 0.15) is 17.1 Å². The summed E-state index contributed by atoms with van der Waals surface area (Å²) in [6.07, 6.45) is 10.3. The highest BCUT2D eigenvalue weighted by molar-refractivity contribution is 5.97. The second kappa shape index (κ2) is 12.3. The van der Waals surface area contributed by atoms with E-state index in [1.54, 1.807) is 0 Å². The maximum atomic E-state index is 12.4. The zero-order chi connectivity index (χ0) is 30.6. The van der Waals surface area contributed by atoms with Crippen LogP contribution in [0.5, 0.6) is 0 Å². The van der Waals surface area contributed by atoms with Crippen LogP contribution in [0.3, 0.4) is 0 Å². The highest BCUT2D eigenvalue weighted by Gasteiger charge is 2.36. The van der Waals surface area contributed by atoms with Crippen molar-refractivity contribution in [2.75, 3.05) is 0 Å². The third-order valence-corrected chi connectivity index (χ3v) is 7.67. The van der Waals surface area contributed by atoms with Crippen molar-refractivity contribution in [1.82, 2.24) is 0 Å². The van der Waals surface area contributed by atoms with Gasteiger partial charge in [0, 0.05) is 35.7 Å².